The Morgan fingerprint density at radius 1 is 0.614 bits per heavy atom. The quantitative estimate of drug-likeness (QED) is 0.416. The van der Waals surface area contributed by atoms with Crippen LogP contribution in [0, 0.1) is 10.8 Å². The molecule has 2 saturated heterocycles. The van der Waals surface area contributed by atoms with Crippen molar-refractivity contribution in [2.45, 2.75) is 79.4 Å². The van der Waals surface area contributed by atoms with Crippen molar-refractivity contribution < 1.29 is 38.2 Å². The van der Waals surface area contributed by atoms with Gasteiger partial charge in [0.05, 0.1) is 22.2 Å². The van der Waals surface area contributed by atoms with Crippen LogP contribution in [0.5, 0.6) is 0 Å². The molecule has 2 aliphatic rings. The van der Waals surface area contributed by atoms with Crippen LogP contribution >= 0.6 is 0 Å². The van der Waals surface area contributed by atoms with Crippen LogP contribution in [0.2, 0.25) is 0 Å². The van der Waals surface area contributed by atoms with Gasteiger partial charge >= 0.3 is 12.2 Å². The number of amides is 6. The third-order valence-corrected chi connectivity index (χ3v) is 7.62. The van der Waals surface area contributed by atoms with Crippen molar-refractivity contribution in [2.24, 2.45) is 10.8 Å². The molecular weight excluding hydrogens is 568 g/mol. The Balaban J connectivity index is 1.51. The lowest BCUT2D eigenvalue weighted by Gasteiger charge is -2.36. The standard InChI is InChI=1S/C32H38N4O8/c1-29(2,3)43-27(41)33-19-9-13-21(14-10-19)35-23(37)17-31(7,25(35)39)32(8)18-24(38)36(26(32)40)22-15-11-20(12-16-22)34-28(42)44-30(4,5)6/h9-16H,17-18H2,1-8H3,(H,33,41)(H,34,42). The second-order valence-electron chi connectivity index (χ2n) is 13.4. The lowest BCUT2D eigenvalue weighted by molar-refractivity contribution is -0.142. The van der Waals surface area contributed by atoms with Gasteiger partial charge in [-0.25, -0.2) is 9.59 Å². The summed E-state index contributed by atoms with van der Waals surface area (Å²) in [5.41, 5.74) is -3.04. The van der Waals surface area contributed by atoms with E-state index in [0.717, 1.165) is 9.80 Å². The Labute approximate surface area is 256 Å². The number of benzene rings is 2. The van der Waals surface area contributed by atoms with E-state index in [0.29, 0.717) is 11.4 Å². The molecule has 2 fully saturated rings. The van der Waals surface area contributed by atoms with Crippen LogP contribution < -0.4 is 20.4 Å². The Bertz CT molecular complexity index is 1410. The Hall–Kier alpha value is -4.74. The van der Waals surface area contributed by atoms with Gasteiger partial charge in [0, 0.05) is 24.2 Å². The molecule has 6 amide bonds. The highest BCUT2D eigenvalue weighted by atomic mass is 16.6. The minimum Gasteiger partial charge on any atom is -0.444 e. The number of hydrogen-bond acceptors (Lipinski definition) is 8. The first-order valence-corrected chi connectivity index (χ1v) is 14.2. The van der Waals surface area contributed by atoms with Crippen LogP contribution in [0.4, 0.5) is 32.3 Å². The molecule has 2 aromatic rings. The molecule has 2 N–H and O–H groups in total. The minimum atomic E-state index is -1.50. The fourth-order valence-corrected chi connectivity index (χ4v) is 5.25. The van der Waals surface area contributed by atoms with E-state index in [4.69, 9.17) is 9.47 Å². The lowest BCUT2D eigenvalue weighted by atomic mass is 9.63. The Morgan fingerprint density at radius 2 is 0.909 bits per heavy atom. The number of nitrogens with one attached hydrogen (secondary N) is 2. The first kappa shape index (κ1) is 32.2. The first-order chi connectivity index (χ1) is 20.2. The fraction of sp³-hybridized carbons (Fsp3) is 0.438. The maximum Gasteiger partial charge on any atom is 0.412 e. The SMILES string of the molecule is CC(C)(C)OC(=O)Nc1ccc(N2C(=O)CC(C)(C3(C)CC(=O)N(c4ccc(NC(=O)OC(C)(C)C)cc4)C3=O)C2=O)cc1. The van der Waals surface area contributed by atoms with E-state index in [9.17, 15) is 28.8 Å². The number of carbonyl (C=O) groups excluding carboxylic acids is 6. The highest BCUT2D eigenvalue weighted by Gasteiger charge is 2.66. The van der Waals surface area contributed by atoms with E-state index >= 15 is 0 Å². The summed E-state index contributed by atoms with van der Waals surface area (Å²) in [4.78, 5) is 80.4. The zero-order chi connectivity index (χ0) is 32.8. The molecule has 0 aromatic heterocycles. The number of rotatable bonds is 5. The number of hydrogen-bond donors (Lipinski definition) is 2. The number of ether oxygens (including phenoxy) is 2. The van der Waals surface area contributed by atoms with Crippen LogP contribution in [0.15, 0.2) is 48.5 Å². The highest BCUT2D eigenvalue weighted by Crippen LogP contribution is 2.54. The smallest absolute Gasteiger partial charge is 0.412 e. The number of nitrogens with zero attached hydrogens (tertiary/aromatic N) is 2. The molecule has 4 rings (SSSR count). The van der Waals surface area contributed by atoms with Gasteiger partial charge in [-0.1, -0.05) is 0 Å². The van der Waals surface area contributed by atoms with Gasteiger partial charge < -0.3 is 9.47 Å². The van der Waals surface area contributed by atoms with Crippen molar-refractivity contribution in [3.8, 4) is 0 Å². The molecule has 2 atom stereocenters. The van der Waals surface area contributed by atoms with Gasteiger partial charge in [-0.15, -0.1) is 0 Å². The molecule has 12 heteroatoms. The molecule has 0 aliphatic carbocycles. The summed E-state index contributed by atoms with van der Waals surface area (Å²) >= 11 is 0. The Morgan fingerprint density at radius 3 is 1.18 bits per heavy atom. The second kappa shape index (κ2) is 11.1. The highest BCUT2D eigenvalue weighted by molar-refractivity contribution is 6.28. The summed E-state index contributed by atoms with van der Waals surface area (Å²) in [6.07, 6.45) is -1.85. The van der Waals surface area contributed by atoms with Gasteiger partial charge in [0.1, 0.15) is 11.2 Å². The molecule has 2 aromatic carbocycles. The predicted octanol–water partition coefficient (Wildman–Crippen LogP) is 5.62. The van der Waals surface area contributed by atoms with Crippen molar-refractivity contribution in [2.75, 3.05) is 20.4 Å². The summed E-state index contributed by atoms with van der Waals surface area (Å²) in [6, 6.07) is 12.2. The van der Waals surface area contributed by atoms with Crippen molar-refractivity contribution in [1.29, 1.82) is 0 Å². The molecule has 0 spiro atoms. The van der Waals surface area contributed by atoms with Crippen molar-refractivity contribution in [3.05, 3.63) is 48.5 Å². The number of anilines is 4. The van der Waals surface area contributed by atoms with E-state index < -0.39 is 57.8 Å². The van der Waals surface area contributed by atoms with E-state index in [1.165, 1.54) is 62.4 Å². The average molecular weight is 607 g/mol. The first-order valence-electron chi connectivity index (χ1n) is 14.2. The van der Waals surface area contributed by atoms with E-state index in [1.54, 1.807) is 41.5 Å². The molecule has 234 valence electrons. The molecule has 2 aliphatic heterocycles. The van der Waals surface area contributed by atoms with Crippen molar-refractivity contribution in [3.63, 3.8) is 0 Å². The zero-order valence-electron chi connectivity index (χ0n) is 26.2. The third kappa shape index (κ3) is 6.29. The predicted molar refractivity (Wildman–Crippen MR) is 163 cm³/mol. The van der Waals surface area contributed by atoms with Crippen molar-refractivity contribution >= 4 is 58.6 Å². The van der Waals surface area contributed by atoms with Crippen LogP contribution in [-0.4, -0.2) is 47.0 Å². The van der Waals surface area contributed by atoms with Gasteiger partial charge in [-0.2, -0.15) is 0 Å². The monoisotopic (exact) mass is 606 g/mol. The zero-order valence-corrected chi connectivity index (χ0v) is 26.2. The van der Waals surface area contributed by atoms with Gasteiger partial charge in [0.25, 0.3) is 0 Å². The summed E-state index contributed by atoms with van der Waals surface area (Å²) < 4.78 is 10.5. The van der Waals surface area contributed by atoms with Gasteiger partial charge in [-0.3, -0.25) is 39.6 Å². The van der Waals surface area contributed by atoms with E-state index in [-0.39, 0.29) is 24.2 Å². The summed E-state index contributed by atoms with van der Waals surface area (Å²) in [5.74, 6) is -2.22. The molecule has 0 radical (unpaired) electrons. The molecule has 44 heavy (non-hydrogen) atoms. The normalized spacial score (nSPS) is 22.4. The summed E-state index contributed by atoms with van der Waals surface area (Å²) in [7, 11) is 0. The maximum atomic E-state index is 13.9. The fourth-order valence-electron chi connectivity index (χ4n) is 5.25. The minimum absolute atomic E-state index is 0.267. The van der Waals surface area contributed by atoms with Gasteiger partial charge in [0.15, 0.2) is 0 Å². The average Bonchev–Trinajstić information content (AvgIpc) is 3.26. The topological polar surface area (TPSA) is 151 Å². The van der Waals surface area contributed by atoms with Crippen molar-refractivity contribution in [1.82, 2.24) is 0 Å². The van der Waals surface area contributed by atoms with E-state index in [2.05, 4.69) is 10.6 Å². The maximum absolute atomic E-state index is 13.9. The molecule has 12 nitrogen and oxygen atoms in total. The molecule has 0 saturated carbocycles. The van der Waals surface area contributed by atoms with Crippen LogP contribution in [0.1, 0.15) is 68.2 Å². The van der Waals surface area contributed by atoms with Gasteiger partial charge in [0.2, 0.25) is 23.6 Å². The number of carbonyl (C=O) groups is 6. The lowest BCUT2D eigenvalue weighted by Crippen LogP contribution is -2.49. The van der Waals surface area contributed by atoms with Crippen LogP contribution in [0.25, 0.3) is 0 Å². The van der Waals surface area contributed by atoms with Crippen LogP contribution in [0.3, 0.4) is 0 Å². The molecule has 0 bridgehead atoms. The number of imide groups is 2. The van der Waals surface area contributed by atoms with Gasteiger partial charge in [-0.05, 0) is 104 Å². The van der Waals surface area contributed by atoms with Crippen LogP contribution in [-0.2, 0) is 28.7 Å². The molecule has 2 heterocycles. The summed E-state index contributed by atoms with van der Waals surface area (Å²) in [5, 5.41) is 5.19. The third-order valence-electron chi connectivity index (χ3n) is 7.62. The largest absolute Gasteiger partial charge is 0.444 e. The van der Waals surface area contributed by atoms with E-state index in [1.807, 2.05) is 0 Å². The molecular formula is C32H38N4O8. The molecule has 2 unspecified atom stereocenters. The summed E-state index contributed by atoms with van der Waals surface area (Å²) in [6.45, 7) is 13.5. The Kier molecular flexibility index (Phi) is 8.10. The second-order valence-corrected chi connectivity index (χ2v) is 13.4.